The summed E-state index contributed by atoms with van der Waals surface area (Å²) in [6.45, 7) is 5.93. The molecule has 1 saturated heterocycles. The van der Waals surface area contributed by atoms with E-state index in [9.17, 15) is 0 Å². The number of fused-ring (bicyclic) bond motifs is 2. The molecule has 0 aromatic heterocycles. The van der Waals surface area contributed by atoms with Crippen LogP contribution in [-0.4, -0.2) is 30.6 Å². The van der Waals surface area contributed by atoms with Crippen molar-refractivity contribution in [3.05, 3.63) is 29.3 Å². The lowest BCUT2D eigenvalue weighted by Gasteiger charge is -2.34. The highest BCUT2D eigenvalue weighted by molar-refractivity contribution is 5.43. The van der Waals surface area contributed by atoms with Crippen molar-refractivity contribution in [2.75, 3.05) is 13.7 Å². The Bertz CT molecular complexity index is 457. The number of ether oxygens (including phenoxy) is 1. The van der Waals surface area contributed by atoms with Crippen LogP contribution in [0.1, 0.15) is 37.8 Å². The first-order valence-electron chi connectivity index (χ1n) is 7.65. The van der Waals surface area contributed by atoms with Crippen LogP contribution in [0, 0.1) is 5.92 Å². The summed E-state index contributed by atoms with van der Waals surface area (Å²) < 4.78 is 5.56. The number of likely N-dealkylation sites (tertiary alicyclic amines) is 1. The lowest BCUT2D eigenvalue weighted by Crippen LogP contribution is -2.40. The summed E-state index contributed by atoms with van der Waals surface area (Å²) in [4.78, 5) is 2.74. The summed E-state index contributed by atoms with van der Waals surface area (Å²) in [6, 6.07) is 8.03. The Balaban J connectivity index is 1.90. The first-order chi connectivity index (χ1) is 9.24. The maximum Gasteiger partial charge on any atom is 0.122 e. The minimum Gasteiger partial charge on any atom is -0.496 e. The number of hydrogen-bond acceptors (Lipinski definition) is 2. The topological polar surface area (TPSA) is 12.5 Å². The molecule has 104 valence electrons. The normalized spacial score (nSPS) is 29.9. The van der Waals surface area contributed by atoms with E-state index in [1.165, 1.54) is 43.4 Å². The van der Waals surface area contributed by atoms with Crippen LogP contribution in [0.5, 0.6) is 5.75 Å². The summed E-state index contributed by atoms with van der Waals surface area (Å²) in [6.07, 6.45) is 5.03. The number of hydrogen-bond donors (Lipinski definition) is 0. The molecule has 0 N–H and O–H groups in total. The number of nitrogens with zero attached hydrogens (tertiary/aromatic N) is 1. The Morgan fingerprint density at radius 1 is 1.32 bits per heavy atom. The molecule has 19 heavy (non-hydrogen) atoms. The summed E-state index contributed by atoms with van der Waals surface area (Å²) >= 11 is 0. The molecule has 3 rings (SSSR count). The molecule has 0 bridgehead atoms. The SMILES string of the molecule is CCCN1[C@@H](C)C[C@@H]2Cc3cccc(OC)c3C[C@@H]21. The molecule has 0 amide bonds. The molecule has 1 aliphatic heterocycles. The van der Waals surface area contributed by atoms with E-state index in [1.807, 2.05) is 0 Å². The minimum atomic E-state index is 0.735. The number of rotatable bonds is 3. The Hall–Kier alpha value is -1.02. The molecule has 1 fully saturated rings. The summed E-state index contributed by atoms with van der Waals surface area (Å²) in [5.41, 5.74) is 2.98. The Morgan fingerprint density at radius 2 is 2.16 bits per heavy atom. The van der Waals surface area contributed by atoms with Crippen LogP contribution in [0.15, 0.2) is 18.2 Å². The van der Waals surface area contributed by atoms with Crippen molar-refractivity contribution in [2.45, 2.75) is 51.6 Å². The predicted molar refractivity (Wildman–Crippen MR) is 78.8 cm³/mol. The average Bonchev–Trinajstić information content (AvgIpc) is 2.72. The maximum atomic E-state index is 5.56. The molecule has 2 nitrogen and oxygen atoms in total. The summed E-state index contributed by atoms with van der Waals surface area (Å²) in [7, 11) is 1.79. The van der Waals surface area contributed by atoms with Gasteiger partial charge in [-0.3, -0.25) is 4.90 Å². The van der Waals surface area contributed by atoms with E-state index < -0.39 is 0 Å². The molecule has 3 atom stereocenters. The van der Waals surface area contributed by atoms with Crippen LogP contribution in [-0.2, 0) is 12.8 Å². The Kier molecular flexibility index (Phi) is 3.53. The zero-order chi connectivity index (χ0) is 13.4. The van der Waals surface area contributed by atoms with Gasteiger partial charge in [-0.15, -0.1) is 0 Å². The van der Waals surface area contributed by atoms with Gasteiger partial charge in [0.2, 0.25) is 0 Å². The monoisotopic (exact) mass is 259 g/mol. The van der Waals surface area contributed by atoms with E-state index in [0.717, 1.165) is 23.8 Å². The molecular formula is C17H25NO. The van der Waals surface area contributed by atoms with Crippen LogP contribution in [0.25, 0.3) is 0 Å². The fourth-order valence-corrected chi connectivity index (χ4v) is 4.19. The fraction of sp³-hybridized carbons (Fsp3) is 0.647. The van der Waals surface area contributed by atoms with Gasteiger partial charge in [-0.2, -0.15) is 0 Å². The predicted octanol–water partition coefficient (Wildman–Crippen LogP) is 3.28. The second kappa shape index (κ2) is 5.16. The highest BCUT2D eigenvalue weighted by Crippen LogP contribution is 2.41. The van der Waals surface area contributed by atoms with Gasteiger partial charge in [0.15, 0.2) is 0 Å². The summed E-state index contributed by atoms with van der Waals surface area (Å²) in [5.74, 6) is 1.94. The maximum absolute atomic E-state index is 5.56. The van der Waals surface area contributed by atoms with Crippen LogP contribution < -0.4 is 4.74 Å². The quantitative estimate of drug-likeness (QED) is 0.826. The second-order valence-corrected chi connectivity index (χ2v) is 6.16. The lowest BCUT2D eigenvalue weighted by molar-refractivity contribution is 0.180. The highest BCUT2D eigenvalue weighted by atomic mass is 16.5. The van der Waals surface area contributed by atoms with Crippen LogP contribution in [0.2, 0.25) is 0 Å². The van der Waals surface area contributed by atoms with E-state index >= 15 is 0 Å². The van der Waals surface area contributed by atoms with Gasteiger partial charge < -0.3 is 4.74 Å². The molecule has 1 aromatic rings. The van der Waals surface area contributed by atoms with Crippen LogP contribution in [0.3, 0.4) is 0 Å². The van der Waals surface area contributed by atoms with E-state index in [0.29, 0.717) is 0 Å². The Labute approximate surface area is 116 Å². The standard InChI is InChI=1S/C17H25NO/c1-4-8-18-12(2)9-14-10-13-6-5-7-17(19-3)15(13)11-16(14)18/h5-7,12,14,16H,4,8-11H2,1-3H3/t12-,14+,16-/m0/s1. The molecule has 0 radical (unpaired) electrons. The van der Waals surface area contributed by atoms with Crippen LogP contribution >= 0.6 is 0 Å². The average molecular weight is 259 g/mol. The van der Waals surface area contributed by atoms with Gasteiger partial charge in [-0.05, 0) is 62.3 Å². The number of methoxy groups -OCH3 is 1. The first kappa shape index (κ1) is 13.0. The van der Waals surface area contributed by atoms with Crippen molar-refractivity contribution in [3.63, 3.8) is 0 Å². The van der Waals surface area contributed by atoms with Crippen molar-refractivity contribution in [1.82, 2.24) is 4.90 Å². The van der Waals surface area contributed by atoms with E-state index in [1.54, 1.807) is 7.11 Å². The highest BCUT2D eigenvalue weighted by Gasteiger charge is 2.41. The van der Waals surface area contributed by atoms with Crippen molar-refractivity contribution in [2.24, 2.45) is 5.92 Å². The second-order valence-electron chi connectivity index (χ2n) is 6.16. The smallest absolute Gasteiger partial charge is 0.122 e. The molecule has 0 saturated carbocycles. The van der Waals surface area contributed by atoms with Crippen molar-refractivity contribution < 1.29 is 4.74 Å². The van der Waals surface area contributed by atoms with Gasteiger partial charge in [0, 0.05) is 12.1 Å². The minimum absolute atomic E-state index is 0.735. The Morgan fingerprint density at radius 3 is 2.89 bits per heavy atom. The molecular weight excluding hydrogens is 234 g/mol. The lowest BCUT2D eigenvalue weighted by atomic mass is 9.80. The van der Waals surface area contributed by atoms with Gasteiger partial charge in [0.25, 0.3) is 0 Å². The molecule has 1 heterocycles. The van der Waals surface area contributed by atoms with E-state index in [-0.39, 0.29) is 0 Å². The third-order valence-electron chi connectivity index (χ3n) is 5.01. The third-order valence-corrected chi connectivity index (χ3v) is 5.01. The fourth-order valence-electron chi connectivity index (χ4n) is 4.19. The summed E-state index contributed by atoms with van der Waals surface area (Å²) in [5, 5.41) is 0. The zero-order valence-electron chi connectivity index (χ0n) is 12.4. The van der Waals surface area contributed by atoms with Crippen molar-refractivity contribution in [3.8, 4) is 5.75 Å². The van der Waals surface area contributed by atoms with Gasteiger partial charge in [-0.1, -0.05) is 19.1 Å². The van der Waals surface area contributed by atoms with Crippen LogP contribution in [0.4, 0.5) is 0 Å². The molecule has 0 unspecified atom stereocenters. The third kappa shape index (κ3) is 2.16. The van der Waals surface area contributed by atoms with Gasteiger partial charge in [0.05, 0.1) is 7.11 Å². The molecule has 2 aliphatic rings. The van der Waals surface area contributed by atoms with Gasteiger partial charge >= 0.3 is 0 Å². The zero-order valence-corrected chi connectivity index (χ0v) is 12.4. The van der Waals surface area contributed by atoms with Gasteiger partial charge in [0.1, 0.15) is 5.75 Å². The van der Waals surface area contributed by atoms with Crippen molar-refractivity contribution in [1.29, 1.82) is 0 Å². The van der Waals surface area contributed by atoms with E-state index in [4.69, 9.17) is 4.74 Å². The molecule has 1 aliphatic carbocycles. The van der Waals surface area contributed by atoms with Crippen molar-refractivity contribution >= 4 is 0 Å². The molecule has 1 aromatic carbocycles. The van der Waals surface area contributed by atoms with E-state index in [2.05, 4.69) is 36.9 Å². The molecule has 0 spiro atoms. The number of benzene rings is 1. The largest absolute Gasteiger partial charge is 0.496 e. The first-order valence-corrected chi connectivity index (χ1v) is 7.65. The molecule has 2 heteroatoms. The van der Waals surface area contributed by atoms with Gasteiger partial charge in [-0.25, -0.2) is 0 Å².